The highest BCUT2D eigenvalue weighted by atomic mass is 32.2. The summed E-state index contributed by atoms with van der Waals surface area (Å²) in [5.74, 6) is 0.367. The molecule has 2 aromatic rings. The summed E-state index contributed by atoms with van der Waals surface area (Å²) in [6.07, 6.45) is 3.79. The molecule has 0 unspecified atom stereocenters. The standard InChI is InChI=1S/C15H20N2O3S/c1-12-10-14(20-3)15(11-13(12)2)21(18,19)16-6-9-17-7-4-5-8-17/h4-5,7-8,10-11,16H,6,9H2,1-3H3. The van der Waals surface area contributed by atoms with Gasteiger partial charge in [-0.3, -0.25) is 0 Å². The average molecular weight is 308 g/mol. The highest BCUT2D eigenvalue weighted by molar-refractivity contribution is 7.89. The van der Waals surface area contributed by atoms with Gasteiger partial charge >= 0.3 is 0 Å². The molecule has 0 bridgehead atoms. The lowest BCUT2D eigenvalue weighted by Gasteiger charge is -2.13. The average Bonchev–Trinajstić information content (AvgIpc) is 2.94. The molecule has 6 heteroatoms. The van der Waals surface area contributed by atoms with Gasteiger partial charge in [0.05, 0.1) is 7.11 Å². The first kappa shape index (κ1) is 15.6. The van der Waals surface area contributed by atoms with Crippen molar-refractivity contribution in [1.29, 1.82) is 0 Å². The number of aryl methyl sites for hydroxylation is 2. The third-order valence-electron chi connectivity index (χ3n) is 3.40. The van der Waals surface area contributed by atoms with Gasteiger partial charge in [-0.15, -0.1) is 0 Å². The fourth-order valence-corrected chi connectivity index (χ4v) is 3.29. The van der Waals surface area contributed by atoms with E-state index < -0.39 is 10.0 Å². The molecule has 0 atom stereocenters. The Morgan fingerprint density at radius 2 is 1.76 bits per heavy atom. The Bertz CT molecular complexity index is 707. The van der Waals surface area contributed by atoms with Crippen LogP contribution in [0.15, 0.2) is 41.6 Å². The Kier molecular flexibility index (Phi) is 4.69. The van der Waals surface area contributed by atoms with Crippen LogP contribution < -0.4 is 9.46 Å². The van der Waals surface area contributed by atoms with Crippen molar-refractivity contribution >= 4 is 10.0 Å². The maximum Gasteiger partial charge on any atom is 0.244 e. The van der Waals surface area contributed by atoms with Gasteiger partial charge in [0, 0.05) is 25.5 Å². The molecular formula is C15H20N2O3S. The van der Waals surface area contributed by atoms with Crippen LogP contribution in [0, 0.1) is 13.8 Å². The molecule has 2 rings (SSSR count). The van der Waals surface area contributed by atoms with Crippen LogP contribution in [0.1, 0.15) is 11.1 Å². The van der Waals surface area contributed by atoms with Gasteiger partial charge in [0.2, 0.25) is 10.0 Å². The van der Waals surface area contributed by atoms with Crippen molar-refractivity contribution in [2.24, 2.45) is 0 Å². The minimum atomic E-state index is -3.58. The summed E-state index contributed by atoms with van der Waals surface area (Å²) < 4.78 is 34.5. The van der Waals surface area contributed by atoms with Crippen molar-refractivity contribution in [2.45, 2.75) is 25.3 Å². The Morgan fingerprint density at radius 1 is 1.14 bits per heavy atom. The first-order valence-corrected chi connectivity index (χ1v) is 8.18. The number of methoxy groups -OCH3 is 1. The molecule has 1 aromatic carbocycles. The molecule has 0 saturated carbocycles. The number of nitrogens with one attached hydrogen (secondary N) is 1. The quantitative estimate of drug-likeness (QED) is 0.889. The Labute approximate surface area is 125 Å². The molecule has 0 fully saturated rings. The maximum atomic E-state index is 12.4. The first-order chi connectivity index (χ1) is 9.94. The number of hydrogen-bond donors (Lipinski definition) is 1. The Morgan fingerprint density at radius 3 is 2.38 bits per heavy atom. The van der Waals surface area contributed by atoms with Gasteiger partial charge in [-0.05, 0) is 49.2 Å². The van der Waals surface area contributed by atoms with E-state index in [1.54, 1.807) is 12.1 Å². The van der Waals surface area contributed by atoms with Crippen molar-refractivity contribution in [3.63, 3.8) is 0 Å². The van der Waals surface area contributed by atoms with Crippen LogP contribution >= 0.6 is 0 Å². The molecule has 0 aliphatic rings. The van der Waals surface area contributed by atoms with E-state index in [1.807, 2.05) is 42.9 Å². The number of aromatic nitrogens is 1. The third kappa shape index (κ3) is 3.65. The summed E-state index contributed by atoms with van der Waals surface area (Å²) in [6, 6.07) is 7.20. The molecule has 0 spiro atoms. The van der Waals surface area contributed by atoms with E-state index in [-0.39, 0.29) is 4.90 Å². The molecule has 21 heavy (non-hydrogen) atoms. The molecule has 5 nitrogen and oxygen atoms in total. The third-order valence-corrected chi connectivity index (χ3v) is 4.88. The predicted octanol–water partition coefficient (Wildman–Crippen LogP) is 2.09. The van der Waals surface area contributed by atoms with Gasteiger partial charge in [0.15, 0.2) is 0 Å². The number of nitrogens with zero attached hydrogens (tertiary/aromatic N) is 1. The van der Waals surface area contributed by atoms with Crippen LogP contribution in [0.2, 0.25) is 0 Å². The minimum absolute atomic E-state index is 0.181. The lowest BCUT2D eigenvalue weighted by atomic mass is 10.1. The molecule has 0 aliphatic carbocycles. The van der Waals surface area contributed by atoms with Crippen molar-refractivity contribution in [2.75, 3.05) is 13.7 Å². The minimum Gasteiger partial charge on any atom is -0.495 e. The van der Waals surface area contributed by atoms with Crippen LogP contribution in [0.3, 0.4) is 0 Å². The summed E-state index contributed by atoms with van der Waals surface area (Å²) in [6.45, 7) is 4.72. The predicted molar refractivity (Wildman–Crippen MR) is 82.1 cm³/mol. The van der Waals surface area contributed by atoms with Crippen molar-refractivity contribution < 1.29 is 13.2 Å². The van der Waals surface area contributed by atoms with E-state index in [0.717, 1.165) is 11.1 Å². The summed E-state index contributed by atoms with van der Waals surface area (Å²) in [7, 11) is -2.11. The summed E-state index contributed by atoms with van der Waals surface area (Å²) in [5.41, 5.74) is 1.92. The monoisotopic (exact) mass is 308 g/mol. The highest BCUT2D eigenvalue weighted by Gasteiger charge is 2.20. The molecule has 0 radical (unpaired) electrons. The molecule has 0 saturated heterocycles. The molecule has 0 amide bonds. The van der Waals surface area contributed by atoms with Crippen molar-refractivity contribution in [3.8, 4) is 5.75 Å². The van der Waals surface area contributed by atoms with Crippen LogP contribution in [0.5, 0.6) is 5.75 Å². The SMILES string of the molecule is COc1cc(C)c(C)cc1S(=O)(=O)NCCn1cccc1. The van der Waals surface area contributed by atoms with Gasteiger partial charge in [0.25, 0.3) is 0 Å². The lowest BCUT2D eigenvalue weighted by Crippen LogP contribution is -2.27. The van der Waals surface area contributed by atoms with Gasteiger partial charge in [-0.1, -0.05) is 0 Å². The molecule has 1 aromatic heterocycles. The maximum absolute atomic E-state index is 12.4. The number of sulfonamides is 1. The molecule has 1 heterocycles. The fraction of sp³-hybridized carbons (Fsp3) is 0.333. The van der Waals surface area contributed by atoms with Crippen LogP contribution in [0.4, 0.5) is 0 Å². The molecule has 1 N–H and O–H groups in total. The molecule has 0 aliphatic heterocycles. The van der Waals surface area contributed by atoms with Crippen LogP contribution in [0.25, 0.3) is 0 Å². The highest BCUT2D eigenvalue weighted by Crippen LogP contribution is 2.27. The van der Waals surface area contributed by atoms with E-state index in [1.165, 1.54) is 7.11 Å². The lowest BCUT2D eigenvalue weighted by molar-refractivity contribution is 0.401. The second-order valence-corrected chi connectivity index (χ2v) is 6.64. The van der Waals surface area contributed by atoms with E-state index >= 15 is 0 Å². The summed E-state index contributed by atoms with van der Waals surface area (Å²) >= 11 is 0. The summed E-state index contributed by atoms with van der Waals surface area (Å²) in [4.78, 5) is 0.181. The number of ether oxygens (including phenoxy) is 1. The first-order valence-electron chi connectivity index (χ1n) is 6.69. The Balaban J connectivity index is 2.17. The van der Waals surface area contributed by atoms with Crippen LogP contribution in [-0.2, 0) is 16.6 Å². The van der Waals surface area contributed by atoms with Gasteiger partial charge in [-0.25, -0.2) is 13.1 Å². The van der Waals surface area contributed by atoms with E-state index in [4.69, 9.17) is 4.74 Å². The fourth-order valence-electron chi connectivity index (χ4n) is 2.04. The van der Waals surface area contributed by atoms with Gasteiger partial charge in [0.1, 0.15) is 10.6 Å². The van der Waals surface area contributed by atoms with E-state index in [2.05, 4.69) is 4.72 Å². The number of benzene rings is 1. The zero-order valence-electron chi connectivity index (χ0n) is 12.5. The van der Waals surface area contributed by atoms with Gasteiger partial charge in [-0.2, -0.15) is 0 Å². The number of rotatable bonds is 6. The largest absolute Gasteiger partial charge is 0.495 e. The smallest absolute Gasteiger partial charge is 0.244 e. The molecule has 114 valence electrons. The Hall–Kier alpha value is -1.79. The van der Waals surface area contributed by atoms with E-state index in [9.17, 15) is 8.42 Å². The zero-order valence-corrected chi connectivity index (χ0v) is 13.3. The zero-order chi connectivity index (χ0) is 15.5. The summed E-state index contributed by atoms with van der Waals surface area (Å²) in [5, 5.41) is 0. The van der Waals surface area contributed by atoms with Crippen molar-refractivity contribution in [3.05, 3.63) is 47.8 Å². The van der Waals surface area contributed by atoms with Crippen LogP contribution in [-0.4, -0.2) is 26.6 Å². The topological polar surface area (TPSA) is 60.3 Å². The second-order valence-electron chi connectivity index (χ2n) is 4.91. The van der Waals surface area contributed by atoms with Gasteiger partial charge < -0.3 is 9.30 Å². The second kappa shape index (κ2) is 6.32. The number of hydrogen-bond acceptors (Lipinski definition) is 3. The van der Waals surface area contributed by atoms with Crippen molar-refractivity contribution in [1.82, 2.24) is 9.29 Å². The normalized spacial score (nSPS) is 11.6. The molecular weight excluding hydrogens is 288 g/mol. The van der Waals surface area contributed by atoms with E-state index in [0.29, 0.717) is 18.8 Å².